The molecule has 6 heteroatoms. The maximum atomic E-state index is 13.1. The van der Waals surface area contributed by atoms with Crippen LogP contribution in [0, 0.1) is 17.7 Å². The molecule has 0 bridgehead atoms. The summed E-state index contributed by atoms with van der Waals surface area (Å²) in [5.74, 6) is 5.11. The van der Waals surface area contributed by atoms with Crippen molar-refractivity contribution in [2.45, 2.75) is 0 Å². The maximum Gasteiger partial charge on any atom is 0.150 e. The SMILES string of the molecule is CS(=O)(=O)CCOc1cc(F)ccc1C#CCCl. The Balaban J connectivity index is 2.82. The second-order valence-corrected chi connectivity index (χ2v) is 6.08. The molecule has 1 aromatic rings. The molecule has 0 spiro atoms. The fourth-order valence-electron chi connectivity index (χ4n) is 1.15. The van der Waals surface area contributed by atoms with E-state index in [4.69, 9.17) is 16.3 Å². The van der Waals surface area contributed by atoms with Crippen molar-refractivity contribution in [2.24, 2.45) is 0 Å². The number of rotatable bonds is 4. The molecule has 0 N–H and O–H groups in total. The summed E-state index contributed by atoms with van der Waals surface area (Å²) in [6, 6.07) is 3.88. The Hall–Kier alpha value is -1.25. The van der Waals surface area contributed by atoms with Crippen LogP contribution in [0.15, 0.2) is 18.2 Å². The summed E-state index contributed by atoms with van der Waals surface area (Å²) in [5, 5.41) is 0. The maximum absolute atomic E-state index is 13.1. The van der Waals surface area contributed by atoms with Gasteiger partial charge in [0.2, 0.25) is 0 Å². The zero-order chi connectivity index (χ0) is 13.6. The second-order valence-electron chi connectivity index (χ2n) is 3.55. The highest BCUT2D eigenvalue weighted by Gasteiger charge is 2.06. The Morgan fingerprint density at radius 1 is 1.44 bits per heavy atom. The topological polar surface area (TPSA) is 43.4 Å². The Morgan fingerprint density at radius 2 is 2.17 bits per heavy atom. The van der Waals surface area contributed by atoms with Gasteiger partial charge in [-0.1, -0.05) is 11.8 Å². The van der Waals surface area contributed by atoms with E-state index < -0.39 is 15.7 Å². The van der Waals surface area contributed by atoms with E-state index in [9.17, 15) is 12.8 Å². The number of halogens is 2. The highest BCUT2D eigenvalue weighted by Crippen LogP contribution is 2.19. The highest BCUT2D eigenvalue weighted by atomic mass is 35.5. The minimum Gasteiger partial charge on any atom is -0.491 e. The lowest BCUT2D eigenvalue weighted by Gasteiger charge is -2.07. The molecular formula is C12H12ClFO3S. The molecule has 98 valence electrons. The van der Waals surface area contributed by atoms with Crippen molar-refractivity contribution in [3.8, 4) is 17.6 Å². The van der Waals surface area contributed by atoms with Crippen molar-refractivity contribution in [1.29, 1.82) is 0 Å². The molecular weight excluding hydrogens is 279 g/mol. The molecule has 1 aromatic carbocycles. The molecule has 0 heterocycles. The Morgan fingerprint density at radius 3 is 2.78 bits per heavy atom. The number of hydrogen-bond acceptors (Lipinski definition) is 3. The number of ether oxygens (including phenoxy) is 1. The lowest BCUT2D eigenvalue weighted by molar-refractivity contribution is 0.338. The Kier molecular flexibility index (Phi) is 5.45. The smallest absolute Gasteiger partial charge is 0.150 e. The van der Waals surface area contributed by atoms with Gasteiger partial charge in [-0.25, -0.2) is 12.8 Å². The van der Waals surface area contributed by atoms with Crippen LogP contribution in [-0.4, -0.2) is 32.9 Å². The van der Waals surface area contributed by atoms with Gasteiger partial charge in [-0.05, 0) is 12.1 Å². The summed E-state index contributed by atoms with van der Waals surface area (Å²) in [5.41, 5.74) is 0.477. The molecule has 0 unspecified atom stereocenters. The van der Waals surface area contributed by atoms with Crippen LogP contribution in [0.2, 0.25) is 0 Å². The number of benzene rings is 1. The summed E-state index contributed by atoms with van der Waals surface area (Å²) >= 11 is 5.43. The van der Waals surface area contributed by atoms with Crippen LogP contribution in [0.25, 0.3) is 0 Å². The molecule has 0 radical (unpaired) electrons. The zero-order valence-corrected chi connectivity index (χ0v) is 11.3. The Labute approximate surface area is 111 Å². The molecule has 0 aliphatic heterocycles. The molecule has 0 amide bonds. The normalized spacial score (nSPS) is 10.6. The number of hydrogen-bond donors (Lipinski definition) is 0. The fourth-order valence-corrected chi connectivity index (χ4v) is 1.60. The third-order valence-electron chi connectivity index (χ3n) is 1.95. The third kappa shape index (κ3) is 5.39. The minimum atomic E-state index is -3.11. The first-order valence-electron chi connectivity index (χ1n) is 5.07. The number of sulfone groups is 1. The number of alkyl halides is 1. The molecule has 1 rings (SSSR count). The first kappa shape index (κ1) is 14.8. The average Bonchev–Trinajstić information content (AvgIpc) is 2.26. The van der Waals surface area contributed by atoms with Crippen LogP contribution >= 0.6 is 11.6 Å². The van der Waals surface area contributed by atoms with E-state index in [1.54, 1.807) is 0 Å². The van der Waals surface area contributed by atoms with Crippen molar-refractivity contribution < 1.29 is 17.5 Å². The summed E-state index contributed by atoms with van der Waals surface area (Å²) in [4.78, 5) is 0. The van der Waals surface area contributed by atoms with Crippen LogP contribution in [0.3, 0.4) is 0 Å². The zero-order valence-electron chi connectivity index (χ0n) is 9.74. The lowest BCUT2D eigenvalue weighted by Crippen LogP contribution is -2.12. The van der Waals surface area contributed by atoms with Crippen molar-refractivity contribution >= 4 is 21.4 Å². The van der Waals surface area contributed by atoms with E-state index in [2.05, 4.69) is 11.8 Å². The summed E-state index contributed by atoms with van der Waals surface area (Å²) in [6.45, 7) is -0.0438. The predicted molar refractivity (Wildman–Crippen MR) is 69.2 cm³/mol. The lowest BCUT2D eigenvalue weighted by atomic mass is 10.2. The molecule has 0 aliphatic rings. The minimum absolute atomic E-state index is 0.0438. The molecule has 0 saturated carbocycles. The molecule has 0 fully saturated rings. The van der Waals surface area contributed by atoms with Gasteiger partial charge in [-0.15, -0.1) is 11.6 Å². The van der Waals surface area contributed by atoms with Crippen LogP contribution in [-0.2, 0) is 9.84 Å². The van der Waals surface area contributed by atoms with Gasteiger partial charge in [-0.3, -0.25) is 0 Å². The predicted octanol–water partition coefficient (Wildman–Crippen LogP) is 1.84. The van der Waals surface area contributed by atoms with Gasteiger partial charge in [0, 0.05) is 12.3 Å². The standard InChI is InChI=1S/C12H12ClFO3S/c1-18(15,16)8-7-17-12-9-11(14)5-4-10(12)3-2-6-13/h4-5,9H,6-8H2,1H3. The summed E-state index contributed by atoms with van der Waals surface area (Å²) in [7, 11) is -3.11. The van der Waals surface area contributed by atoms with Gasteiger partial charge in [-0.2, -0.15) is 0 Å². The van der Waals surface area contributed by atoms with Gasteiger partial charge < -0.3 is 4.74 Å². The first-order valence-corrected chi connectivity index (χ1v) is 7.67. The molecule has 0 saturated heterocycles. The van der Waals surface area contributed by atoms with E-state index in [0.29, 0.717) is 5.56 Å². The molecule has 18 heavy (non-hydrogen) atoms. The molecule has 0 aliphatic carbocycles. The van der Waals surface area contributed by atoms with Crippen molar-refractivity contribution in [1.82, 2.24) is 0 Å². The molecule has 0 aromatic heterocycles. The van der Waals surface area contributed by atoms with E-state index in [0.717, 1.165) is 6.26 Å². The van der Waals surface area contributed by atoms with Crippen LogP contribution in [0.1, 0.15) is 5.56 Å². The first-order chi connectivity index (χ1) is 8.42. The average molecular weight is 291 g/mol. The van der Waals surface area contributed by atoms with Gasteiger partial charge in [0.1, 0.15) is 18.2 Å². The monoisotopic (exact) mass is 290 g/mol. The third-order valence-corrected chi connectivity index (χ3v) is 2.99. The van der Waals surface area contributed by atoms with Gasteiger partial charge in [0.15, 0.2) is 9.84 Å². The quantitative estimate of drug-likeness (QED) is 0.628. The Bertz CT molecular complexity index is 573. The van der Waals surface area contributed by atoms with Crippen molar-refractivity contribution in [3.63, 3.8) is 0 Å². The molecule has 3 nitrogen and oxygen atoms in total. The van der Waals surface area contributed by atoms with Crippen molar-refractivity contribution in [2.75, 3.05) is 24.5 Å². The van der Waals surface area contributed by atoms with Crippen LogP contribution in [0.5, 0.6) is 5.75 Å². The van der Waals surface area contributed by atoms with Crippen molar-refractivity contribution in [3.05, 3.63) is 29.6 Å². The van der Waals surface area contributed by atoms with E-state index >= 15 is 0 Å². The summed E-state index contributed by atoms with van der Waals surface area (Å²) in [6.07, 6.45) is 1.11. The summed E-state index contributed by atoms with van der Waals surface area (Å²) < 4.78 is 40.2. The fraction of sp³-hybridized carbons (Fsp3) is 0.333. The van der Waals surface area contributed by atoms with Gasteiger partial charge in [0.25, 0.3) is 0 Å². The van der Waals surface area contributed by atoms with E-state index in [1.807, 2.05) is 0 Å². The highest BCUT2D eigenvalue weighted by molar-refractivity contribution is 7.90. The van der Waals surface area contributed by atoms with Crippen LogP contribution in [0.4, 0.5) is 4.39 Å². The van der Waals surface area contributed by atoms with E-state index in [1.165, 1.54) is 18.2 Å². The molecule has 0 atom stereocenters. The van der Waals surface area contributed by atoms with Gasteiger partial charge in [0.05, 0.1) is 17.2 Å². The van der Waals surface area contributed by atoms with Gasteiger partial charge >= 0.3 is 0 Å². The van der Waals surface area contributed by atoms with E-state index in [-0.39, 0.29) is 24.0 Å². The van der Waals surface area contributed by atoms with Crippen LogP contribution < -0.4 is 4.74 Å². The second kappa shape index (κ2) is 6.62. The largest absolute Gasteiger partial charge is 0.491 e.